The summed E-state index contributed by atoms with van der Waals surface area (Å²) in [7, 11) is 0. The van der Waals surface area contributed by atoms with E-state index in [1.54, 1.807) is 6.07 Å². The number of aromatic nitrogens is 2. The molecule has 0 radical (unpaired) electrons. The van der Waals surface area contributed by atoms with Gasteiger partial charge in [-0.25, -0.2) is 13.8 Å². The number of nitrogens with zero attached hydrogens (tertiary/aromatic N) is 3. The minimum absolute atomic E-state index is 0.0145. The second kappa shape index (κ2) is 4.86. The molecule has 0 spiro atoms. The monoisotopic (exact) mass is 261 g/mol. The van der Waals surface area contributed by atoms with Gasteiger partial charge in [0.15, 0.2) is 0 Å². The topological polar surface area (TPSA) is 102 Å². The molecule has 4 N–H and O–H groups in total. The maximum absolute atomic E-state index is 12.7. The second-order valence-corrected chi connectivity index (χ2v) is 3.73. The van der Waals surface area contributed by atoms with Crippen LogP contribution >= 0.6 is 0 Å². The zero-order valence-electron chi connectivity index (χ0n) is 9.64. The molecule has 0 unspecified atom stereocenters. The van der Waals surface area contributed by atoms with E-state index >= 15 is 0 Å². The molecule has 7 heteroatoms. The fourth-order valence-corrected chi connectivity index (χ4v) is 1.64. The summed E-state index contributed by atoms with van der Waals surface area (Å²) in [6.45, 7) is 0. The van der Waals surface area contributed by atoms with Crippen LogP contribution in [0.3, 0.4) is 0 Å². The maximum Gasteiger partial charge on any atom is 0.263 e. The van der Waals surface area contributed by atoms with Gasteiger partial charge in [-0.2, -0.15) is 10.2 Å². The number of nitrogens with two attached hydrogens (primary N) is 2. The van der Waals surface area contributed by atoms with Crippen molar-refractivity contribution in [3.05, 3.63) is 35.4 Å². The summed E-state index contributed by atoms with van der Waals surface area (Å²) in [5, 5.41) is 9.03. The lowest BCUT2D eigenvalue weighted by Gasteiger charge is -2.08. The fourth-order valence-electron chi connectivity index (χ4n) is 1.64. The van der Waals surface area contributed by atoms with Gasteiger partial charge in [0.2, 0.25) is 5.95 Å². The molecule has 2 rings (SSSR count). The number of nitriles is 1. The van der Waals surface area contributed by atoms with Crippen molar-refractivity contribution in [2.24, 2.45) is 0 Å². The number of alkyl halides is 2. The second-order valence-electron chi connectivity index (χ2n) is 3.73. The lowest BCUT2D eigenvalue weighted by molar-refractivity contribution is 0.151. The van der Waals surface area contributed by atoms with E-state index in [0.717, 1.165) is 0 Å². The Morgan fingerprint density at radius 2 is 1.95 bits per heavy atom. The highest BCUT2D eigenvalue weighted by molar-refractivity contribution is 5.73. The van der Waals surface area contributed by atoms with Gasteiger partial charge < -0.3 is 11.5 Å². The zero-order chi connectivity index (χ0) is 14.0. The van der Waals surface area contributed by atoms with E-state index in [1.807, 2.05) is 6.07 Å². The van der Waals surface area contributed by atoms with Crippen molar-refractivity contribution < 1.29 is 8.78 Å². The highest BCUT2D eigenvalue weighted by Crippen LogP contribution is 2.28. The lowest BCUT2D eigenvalue weighted by atomic mass is 10.0. The molecule has 1 aromatic heterocycles. The van der Waals surface area contributed by atoms with Crippen LogP contribution in [0.5, 0.6) is 0 Å². The van der Waals surface area contributed by atoms with Crippen LogP contribution in [0.1, 0.15) is 17.6 Å². The molecule has 1 aromatic carbocycles. The van der Waals surface area contributed by atoms with Crippen LogP contribution in [0.2, 0.25) is 0 Å². The Hall–Kier alpha value is -2.75. The Morgan fingerprint density at radius 1 is 1.21 bits per heavy atom. The summed E-state index contributed by atoms with van der Waals surface area (Å²) in [6, 6.07) is 7.37. The molecular formula is C12H9F2N5. The Bertz CT molecular complexity index is 664. The first-order valence-corrected chi connectivity index (χ1v) is 5.24. The number of nitrogen functional groups attached to an aromatic ring is 2. The van der Waals surface area contributed by atoms with Gasteiger partial charge in [-0.15, -0.1) is 0 Å². The zero-order valence-corrected chi connectivity index (χ0v) is 9.64. The van der Waals surface area contributed by atoms with Gasteiger partial charge >= 0.3 is 0 Å². The molecule has 0 bridgehead atoms. The summed E-state index contributed by atoms with van der Waals surface area (Å²) in [5.41, 5.74) is 11.4. The fraction of sp³-hybridized carbons (Fsp3) is 0.0833. The normalized spacial score (nSPS) is 10.4. The minimum Gasteiger partial charge on any atom is -0.382 e. The number of benzene rings is 1. The SMILES string of the molecule is N#Cc1c(N)nc(N)nc1-c1cccc(C(F)F)c1. The van der Waals surface area contributed by atoms with Crippen molar-refractivity contribution in [3.63, 3.8) is 0 Å². The smallest absolute Gasteiger partial charge is 0.263 e. The predicted molar refractivity (Wildman–Crippen MR) is 66.0 cm³/mol. The van der Waals surface area contributed by atoms with Crippen molar-refractivity contribution in [2.45, 2.75) is 6.43 Å². The van der Waals surface area contributed by atoms with Gasteiger partial charge in [0.25, 0.3) is 6.43 Å². The molecule has 0 aliphatic carbocycles. The van der Waals surface area contributed by atoms with Gasteiger partial charge in [-0.05, 0) is 6.07 Å². The van der Waals surface area contributed by atoms with Gasteiger partial charge in [0.05, 0.1) is 5.69 Å². The average Bonchev–Trinajstić information content (AvgIpc) is 2.38. The molecule has 0 atom stereocenters. The molecule has 0 saturated carbocycles. The van der Waals surface area contributed by atoms with Crippen LogP contribution < -0.4 is 11.5 Å². The first-order valence-electron chi connectivity index (χ1n) is 5.24. The first kappa shape index (κ1) is 12.7. The molecule has 19 heavy (non-hydrogen) atoms. The van der Waals surface area contributed by atoms with E-state index < -0.39 is 6.43 Å². The van der Waals surface area contributed by atoms with Crippen LogP contribution in [-0.2, 0) is 0 Å². The third-order valence-corrected chi connectivity index (χ3v) is 2.48. The largest absolute Gasteiger partial charge is 0.382 e. The number of hydrogen-bond donors (Lipinski definition) is 2. The van der Waals surface area contributed by atoms with Crippen LogP contribution in [0.4, 0.5) is 20.5 Å². The lowest BCUT2D eigenvalue weighted by Crippen LogP contribution is -2.05. The van der Waals surface area contributed by atoms with Gasteiger partial charge in [-0.1, -0.05) is 18.2 Å². The molecule has 0 aliphatic rings. The molecule has 0 amide bonds. The maximum atomic E-state index is 12.7. The van der Waals surface area contributed by atoms with Gasteiger partial charge in [0.1, 0.15) is 17.5 Å². The quantitative estimate of drug-likeness (QED) is 0.862. The molecule has 96 valence electrons. The molecule has 2 aromatic rings. The Kier molecular flexibility index (Phi) is 3.25. The number of hydrogen-bond acceptors (Lipinski definition) is 5. The van der Waals surface area contributed by atoms with Gasteiger partial charge in [0, 0.05) is 11.1 Å². The number of anilines is 2. The highest BCUT2D eigenvalue weighted by atomic mass is 19.3. The Labute approximate surface area is 107 Å². The minimum atomic E-state index is -2.61. The first-order chi connectivity index (χ1) is 9.02. The van der Waals surface area contributed by atoms with E-state index in [0.29, 0.717) is 5.56 Å². The Balaban J connectivity index is 2.65. The summed E-state index contributed by atoms with van der Waals surface area (Å²) >= 11 is 0. The van der Waals surface area contributed by atoms with Crippen molar-refractivity contribution in [1.82, 2.24) is 9.97 Å². The van der Waals surface area contributed by atoms with Crippen LogP contribution in [0, 0.1) is 11.3 Å². The molecular weight excluding hydrogens is 252 g/mol. The third-order valence-electron chi connectivity index (χ3n) is 2.48. The summed E-state index contributed by atoms with van der Waals surface area (Å²) in [6.07, 6.45) is -2.61. The highest BCUT2D eigenvalue weighted by Gasteiger charge is 2.15. The average molecular weight is 261 g/mol. The van der Waals surface area contributed by atoms with Crippen molar-refractivity contribution in [3.8, 4) is 17.3 Å². The Morgan fingerprint density at radius 3 is 2.58 bits per heavy atom. The molecule has 0 aliphatic heterocycles. The molecule has 5 nitrogen and oxygen atoms in total. The number of halogens is 2. The van der Waals surface area contributed by atoms with E-state index in [-0.39, 0.29) is 28.6 Å². The molecule has 0 saturated heterocycles. The van der Waals surface area contributed by atoms with E-state index in [9.17, 15) is 8.78 Å². The predicted octanol–water partition coefficient (Wildman–Crippen LogP) is 2.12. The van der Waals surface area contributed by atoms with Crippen LogP contribution in [0.25, 0.3) is 11.3 Å². The standard InChI is InChI=1S/C12H9F2N5/c13-10(14)7-3-1-2-6(4-7)9-8(5-15)11(16)19-12(17)18-9/h1-4,10H,(H4,16,17,18,19). The van der Waals surface area contributed by atoms with Gasteiger partial charge in [-0.3, -0.25) is 0 Å². The van der Waals surface area contributed by atoms with E-state index in [1.165, 1.54) is 18.2 Å². The van der Waals surface area contributed by atoms with E-state index in [4.69, 9.17) is 16.7 Å². The van der Waals surface area contributed by atoms with E-state index in [2.05, 4.69) is 9.97 Å². The summed E-state index contributed by atoms with van der Waals surface area (Å²) < 4.78 is 25.3. The summed E-state index contributed by atoms with van der Waals surface area (Å²) in [4.78, 5) is 7.56. The number of rotatable bonds is 2. The van der Waals surface area contributed by atoms with Crippen LogP contribution in [0.15, 0.2) is 24.3 Å². The van der Waals surface area contributed by atoms with Crippen molar-refractivity contribution in [1.29, 1.82) is 5.26 Å². The van der Waals surface area contributed by atoms with Crippen molar-refractivity contribution in [2.75, 3.05) is 11.5 Å². The van der Waals surface area contributed by atoms with Crippen molar-refractivity contribution >= 4 is 11.8 Å². The third kappa shape index (κ3) is 2.42. The van der Waals surface area contributed by atoms with Crippen LogP contribution in [-0.4, -0.2) is 9.97 Å². The summed E-state index contributed by atoms with van der Waals surface area (Å²) in [5.74, 6) is -0.193. The molecule has 1 heterocycles. The molecule has 0 fully saturated rings.